The molecule has 0 fully saturated rings. The number of aromatic nitrogens is 1. The summed E-state index contributed by atoms with van der Waals surface area (Å²) in [6.45, 7) is 0. The molecule has 4 heteroatoms. The van der Waals surface area contributed by atoms with Crippen LogP contribution in [-0.2, 0) is 0 Å². The number of halogens is 1. The second-order valence-electron chi connectivity index (χ2n) is 2.60. The van der Waals surface area contributed by atoms with Gasteiger partial charge in [-0.15, -0.1) is 0 Å². The van der Waals surface area contributed by atoms with E-state index in [2.05, 4.69) is 20.9 Å². The maximum Gasteiger partial charge on any atom is 0.181 e. The van der Waals surface area contributed by atoms with Gasteiger partial charge in [0.2, 0.25) is 0 Å². The van der Waals surface area contributed by atoms with Gasteiger partial charge in [-0.05, 0) is 34.1 Å². The molecule has 0 spiro atoms. The van der Waals surface area contributed by atoms with Gasteiger partial charge in [0.1, 0.15) is 0 Å². The van der Waals surface area contributed by atoms with E-state index in [1.165, 1.54) is 6.39 Å². The highest BCUT2D eigenvalue weighted by Gasteiger charge is 2.05. The smallest absolute Gasteiger partial charge is 0.181 e. The molecular formula is C9H7BrN2O. The van der Waals surface area contributed by atoms with Gasteiger partial charge in [0.05, 0.1) is 6.20 Å². The van der Waals surface area contributed by atoms with E-state index < -0.39 is 0 Å². The molecule has 66 valence electrons. The second kappa shape index (κ2) is 3.22. The van der Waals surface area contributed by atoms with Gasteiger partial charge < -0.3 is 10.2 Å². The fourth-order valence-electron chi connectivity index (χ4n) is 1.08. The van der Waals surface area contributed by atoms with Crippen LogP contribution in [0.15, 0.2) is 39.7 Å². The van der Waals surface area contributed by atoms with Crippen LogP contribution < -0.4 is 5.73 Å². The minimum atomic E-state index is 0.718. The molecule has 1 aromatic carbocycles. The molecule has 0 saturated heterocycles. The SMILES string of the molecule is Nc1ccc(-c2cnco2)c(Br)c1. The van der Waals surface area contributed by atoms with Crippen molar-refractivity contribution in [1.82, 2.24) is 4.98 Å². The lowest BCUT2D eigenvalue weighted by Crippen LogP contribution is -1.85. The number of nitrogens with two attached hydrogens (primary N) is 1. The fourth-order valence-corrected chi connectivity index (χ4v) is 1.67. The molecule has 0 unspecified atom stereocenters. The van der Waals surface area contributed by atoms with Crippen molar-refractivity contribution in [1.29, 1.82) is 0 Å². The number of oxazole rings is 1. The first-order valence-electron chi connectivity index (χ1n) is 3.71. The molecule has 2 N–H and O–H groups in total. The number of hydrogen-bond acceptors (Lipinski definition) is 3. The average molecular weight is 239 g/mol. The Balaban J connectivity index is 2.53. The van der Waals surface area contributed by atoms with E-state index in [0.717, 1.165) is 21.5 Å². The molecule has 2 rings (SSSR count). The summed E-state index contributed by atoms with van der Waals surface area (Å²) in [4.78, 5) is 3.84. The van der Waals surface area contributed by atoms with Gasteiger partial charge in [-0.2, -0.15) is 0 Å². The third-order valence-corrected chi connectivity index (χ3v) is 2.35. The lowest BCUT2D eigenvalue weighted by molar-refractivity contribution is 0.571. The van der Waals surface area contributed by atoms with Crippen molar-refractivity contribution in [3.63, 3.8) is 0 Å². The Morgan fingerprint density at radius 3 is 2.85 bits per heavy atom. The Bertz CT molecular complexity index is 412. The second-order valence-corrected chi connectivity index (χ2v) is 3.46. The predicted octanol–water partition coefficient (Wildman–Crippen LogP) is 2.69. The van der Waals surface area contributed by atoms with Crippen LogP contribution in [-0.4, -0.2) is 4.98 Å². The van der Waals surface area contributed by atoms with Crippen LogP contribution in [0.1, 0.15) is 0 Å². The largest absolute Gasteiger partial charge is 0.443 e. The summed E-state index contributed by atoms with van der Waals surface area (Å²) < 4.78 is 6.07. The molecule has 0 aliphatic carbocycles. The van der Waals surface area contributed by atoms with Gasteiger partial charge in [-0.25, -0.2) is 4.98 Å². The summed E-state index contributed by atoms with van der Waals surface area (Å²) >= 11 is 3.40. The summed E-state index contributed by atoms with van der Waals surface area (Å²) in [6.07, 6.45) is 3.06. The van der Waals surface area contributed by atoms with Gasteiger partial charge in [0.15, 0.2) is 12.2 Å². The molecule has 0 bridgehead atoms. The van der Waals surface area contributed by atoms with E-state index in [9.17, 15) is 0 Å². The maximum absolute atomic E-state index is 5.60. The Labute approximate surface area is 83.7 Å². The van der Waals surface area contributed by atoms with Crippen molar-refractivity contribution in [3.05, 3.63) is 35.3 Å². The highest BCUT2D eigenvalue weighted by Crippen LogP contribution is 2.29. The fraction of sp³-hybridized carbons (Fsp3) is 0. The van der Waals surface area contributed by atoms with Crippen molar-refractivity contribution in [2.75, 3.05) is 5.73 Å². The number of hydrogen-bond donors (Lipinski definition) is 1. The quantitative estimate of drug-likeness (QED) is 0.778. The average Bonchev–Trinajstić information content (AvgIpc) is 2.56. The minimum Gasteiger partial charge on any atom is -0.443 e. The van der Waals surface area contributed by atoms with Gasteiger partial charge in [0, 0.05) is 15.7 Å². The van der Waals surface area contributed by atoms with E-state index in [-0.39, 0.29) is 0 Å². The normalized spacial score (nSPS) is 10.2. The van der Waals surface area contributed by atoms with Gasteiger partial charge in [-0.1, -0.05) is 0 Å². The van der Waals surface area contributed by atoms with Crippen molar-refractivity contribution < 1.29 is 4.42 Å². The van der Waals surface area contributed by atoms with Crippen molar-refractivity contribution in [3.8, 4) is 11.3 Å². The molecular weight excluding hydrogens is 232 g/mol. The summed E-state index contributed by atoms with van der Waals surface area (Å²) in [5.74, 6) is 0.729. The molecule has 0 amide bonds. The van der Waals surface area contributed by atoms with E-state index in [1.807, 2.05) is 18.2 Å². The molecule has 0 saturated carbocycles. The zero-order chi connectivity index (χ0) is 9.26. The van der Waals surface area contributed by atoms with Gasteiger partial charge >= 0.3 is 0 Å². The summed E-state index contributed by atoms with van der Waals surface area (Å²) in [5.41, 5.74) is 7.27. The Morgan fingerprint density at radius 1 is 1.38 bits per heavy atom. The van der Waals surface area contributed by atoms with Crippen LogP contribution in [0.4, 0.5) is 5.69 Å². The molecule has 0 aliphatic rings. The van der Waals surface area contributed by atoms with Gasteiger partial charge in [-0.3, -0.25) is 0 Å². The number of benzene rings is 1. The van der Waals surface area contributed by atoms with Crippen LogP contribution >= 0.6 is 15.9 Å². The lowest BCUT2D eigenvalue weighted by Gasteiger charge is -2.00. The minimum absolute atomic E-state index is 0.718. The van der Waals surface area contributed by atoms with Gasteiger partial charge in [0.25, 0.3) is 0 Å². The third-order valence-electron chi connectivity index (χ3n) is 1.69. The first-order valence-corrected chi connectivity index (χ1v) is 4.50. The van der Waals surface area contributed by atoms with Crippen molar-refractivity contribution in [2.45, 2.75) is 0 Å². The Kier molecular flexibility index (Phi) is 2.06. The number of nitrogen functional groups attached to an aromatic ring is 1. The highest BCUT2D eigenvalue weighted by atomic mass is 79.9. The van der Waals surface area contributed by atoms with E-state index in [0.29, 0.717) is 0 Å². The van der Waals surface area contributed by atoms with E-state index >= 15 is 0 Å². The molecule has 0 aliphatic heterocycles. The molecule has 0 radical (unpaired) electrons. The molecule has 2 aromatic rings. The Morgan fingerprint density at radius 2 is 2.23 bits per heavy atom. The summed E-state index contributed by atoms with van der Waals surface area (Å²) in [7, 11) is 0. The van der Waals surface area contributed by atoms with Crippen molar-refractivity contribution >= 4 is 21.6 Å². The molecule has 13 heavy (non-hydrogen) atoms. The van der Waals surface area contributed by atoms with Crippen LogP contribution in [0.25, 0.3) is 11.3 Å². The van der Waals surface area contributed by atoms with E-state index in [1.54, 1.807) is 6.20 Å². The molecule has 1 heterocycles. The summed E-state index contributed by atoms with van der Waals surface area (Å²) in [5, 5.41) is 0. The molecule has 0 atom stereocenters. The Hall–Kier alpha value is -1.29. The zero-order valence-electron chi connectivity index (χ0n) is 6.70. The topological polar surface area (TPSA) is 52.0 Å². The van der Waals surface area contributed by atoms with Crippen LogP contribution in [0, 0.1) is 0 Å². The summed E-state index contributed by atoms with van der Waals surface area (Å²) in [6, 6.07) is 5.54. The zero-order valence-corrected chi connectivity index (χ0v) is 8.28. The lowest BCUT2D eigenvalue weighted by atomic mass is 10.2. The molecule has 1 aromatic heterocycles. The first kappa shape index (κ1) is 8.31. The third kappa shape index (κ3) is 1.58. The molecule has 3 nitrogen and oxygen atoms in total. The van der Waals surface area contributed by atoms with Crippen LogP contribution in [0.2, 0.25) is 0 Å². The number of anilines is 1. The standard InChI is InChI=1S/C9H7BrN2O/c10-8-3-6(11)1-2-7(8)9-4-12-5-13-9/h1-5H,11H2. The van der Waals surface area contributed by atoms with Crippen LogP contribution in [0.5, 0.6) is 0 Å². The van der Waals surface area contributed by atoms with Crippen molar-refractivity contribution in [2.24, 2.45) is 0 Å². The van der Waals surface area contributed by atoms with E-state index in [4.69, 9.17) is 10.2 Å². The van der Waals surface area contributed by atoms with Crippen LogP contribution in [0.3, 0.4) is 0 Å². The number of rotatable bonds is 1. The highest BCUT2D eigenvalue weighted by molar-refractivity contribution is 9.10. The first-order chi connectivity index (χ1) is 6.27. The maximum atomic E-state index is 5.60. The number of nitrogens with zero attached hydrogens (tertiary/aromatic N) is 1. The monoisotopic (exact) mass is 238 g/mol. The predicted molar refractivity (Wildman–Crippen MR) is 54.1 cm³/mol.